The number of rotatable bonds is 4. The Hall–Kier alpha value is -0.700. The molecule has 1 N–H and O–H groups in total. The molecule has 8 heteroatoms. The summed E-state index contributed by atoms with van der Waals surface area (Å²) in [6, 6.07) is 0. The highest BCUT2D eigenvalue weighted by Crippen LogP contribution is 2.16. The molecular weight excluding hydrogens is 258 g/mol. The third kappa shape index (κ3) is 3.64. The molecule has 0 saturated carbocycles. The Balaban J connectivity index is 2.76. The van der Waals surface area contributed by atoms with Gasteiger partial charge in [-0.1, -0.05) is 0 Å². The van der Waals surface area contributed by atoms with Crippen LogP contribution in [0.4, 0.5) is 0 Å². The van der Waals surface area contributed by atoms with Crippen molar-refractivity contribution in [2.45, 2.75) is 26.1 Å². The fourth-order valence-corrected chi connectivity index (χ4v) is 3.35. The molecule has 106 valence electrons. The zero-order chi connectivity index (χ0) is 13.9. The van der Waals surface area contributed by atoms with Gasteiger partial charge in [0.05, 0.1) is 18.8 Å². The maximum Gasteiger partial charge on any atom is 0.282 e. The molecule has 0 aromatic carbocycles. The van der Waals surface area contributed by atoms with Crippen molar-refractivity contribution >= 4 is 16.1 Å². The van der Waals surface area contributed by atoms with Crippen molar-refractivity contribution in [1.29, 1.82) is 0 Å². The van der Waals surface area contributed by atoms with Gasteiger partial charge in [0.15, 0.2) is 0 Å². The lowest BCUT2D eigenvalue weighted by molar-refractivity contribution is -0.120. The van der Waals surface area contributed by atoms with Crippen LogP contribution in [0.3, 0.4) is 0 Å². The molecule has 1 rings (SSSR count). The molecule has 7 nitrogen and oxygen atoms in total. The van der Waals surface area contributed by atoms with Gasteiger partial charge in [0, 0.05) is 27.2 Å². The summed E-state index contributed by atoms with van der Waals surface area (Å²) in [5.74, 6) is -0.338. The summed E-state index contributed by atoms with van der Waals surface area (Å²) in [6.07, 6.45) is -0.283. The molecule has 0 unspecified atom stereocenters. The lowest BCUT2D eigenvalue weighted by Crippen LogP contribution is -2.53. The molecule has 0 aromatic rings. The molecule has 1 fully saturated rings. The summed E-state index contributed by atoms with van der Waals surface area (Å²) in [4.78, 5) is 11.2. The average molecular weight is 279 g/mol. The van der Waals surface area contributed by atoms with Crippen molar-refractivity contribution in [3.63, 3.8) is 0 Å². The van der Waals surface area contributed by atoms with Gasteiger partial charge in [-0.2, -0.15) is 17.0 Å². The molecule has 1 aliphatic rings. The van der Waals surface area contributed by atoms with Crippen LogP contribution in [-0.2, 0) is 19.7 Å². The smallest absolute Gasteiger partial charge is 0.282 e. The number of carbonyl (C=O) groups is 1. The summed E-state index contributed by atoms with van der Waals surface area (Å²) in [5.41, 5.74) is 0. The molecule has 1 saturated heterocycles. The van der Waals surface area contributed by atoms with Gasteiger partial charge < -0.3 is 10.1 Å². The van der Waals surface area contributed by atoms with E-state index < -0.39 is 10.2 Å². The molecule has 18 heavy (non-hydrogen) atoms. The summed E-state index contributed by atoms with van der Waals surface area (Å²) in [7, 11) is -0.735. The predicted molar refractivity (Wildman–Crippen MR) is 67.2 cm³/mol. The average Bonchev–Trinajstić information content (AvgIpc) is 2.27. The summed E-state index contributed by atoms with van der Waals surface area (Å²) in [5, 5.41) is 2.40. The first-order valence-corrected chi connectivity index (χ1v) is 7.24. The standard InChI is InChI=1S/C10H21N3O4S/c1-8-5-13(6-9(2)17-8)18(15,16)12(4)7-10(14)11-3/h8-9H,5-7H2,1-4H3,(H,11,14)/t8-,9+. The van der Waals surface area contributed by atoms with E-state index in [-0.39, 0.29) is 24.7 Å². The molecule has 0 bridgehead atoms. The van der Waals surface area contributed by atoms with Crippen LogP contribution in [-0.4, -0.2) is 68.9 Å². The fourth-order valence-electron chi connectivity index (χ4n) is 1.88. The number of nitrogens with zero attached hydrogens (tertiary/aromatic N) is 2. The van der Waals surface area contributed by atoms with Crippen molar-refractivity contribution in [3.05, 3.63) is 0 Å². The maximum atomic E-state index is 12.2. The summed E-state index contributed by atoms with van der Waals surface area (Å²) < 4.78 is 32.4. The van der Waals surface area contributed by atoms with Crippen molar-refractivity contribution in [3.8, 4) is 0 Å². The highest BCUT2D eigenvalue weighted by molar-refractivity contribution is 7.86. The number of carbonyl (C=O) groups excluding carboxylic acids is 1. The largest absolute Gasteiger partial charge is 0.373 e. The molecule has 0 aliphatic carbocycles. The van der Waals surface area contributed by atoms with Crippen molar-refractivity contribution in [1.82, 2.24) is 13.9 Å². The normalized spacial score (nSPS) is 26.3. The molecular formula is C10H21N3O4S. The first-order chi connectivity index (χ1) is 8.27. The Labute approximate surface area is 108 Å². The number of ether oxygens (including phenoxy) is 1. The third-order valence-corrected chi connectivity index (χ3v) is 4.62. The zero-order valence-corrected chi connectivity index (χ0v) is 12.0. The second kappa shape index (κ2) is 5.96. The van der Waals surface area contributed by atoms with E-state index >= 15 is 0 Å². The topological polar surface area (TPSA) is 79.0 Å². The maximum absolute atomic E-state index is 12.2. The van der Waals surface area contributed by atoms with Gasteiger partial charge in [0.1, 0.15) is 0 Å². The number of hydrogen-bond acceptors (Lipinski definition) is 4. The van der Waals surface area contributed by atoms with Gasteiger partial charge in [-0.25, -0.2) is 0 Å². The Morgan fingerprint density at radius 2 is 1.89 bits per heavy atom. The van der Waals surface area contributed by atoms with E-state index in [2.05, 4.69) is 5.32 Å². The Bertz CT molecular complexity index is 388. The Morgan fingerprint density at radius 3 is 2.33 bits per heavy atom. The Morgan fingerprint density at radius 1 is 1.39 bits per heavy atom. The predicted octanol–water partition coefficient (Wildman–Crippen LogP) is -0.982. The molecule has 0 spiro atoms. The molecule has 1 heterocycles. The molecule has 0 radical (unpaired) electrons. The molecule has 1 amide bonds. The van der Waals surface area contributed by atoms with Crippen LogP contribution < -0.4 is 5.32 Å². The number of amides is 1. The van der Waals surface area contributed by atoms with Crippen molar-refractivity contribution < 1.29 is 17.9 Å². The van der Waals surface area contributed by atoms with E-state index in [1.165, 1.54) is 18.4 Å². The van der Waals surface area contributed by atoms with Gasteiger partial charge in [-0.3, -0.25) is 4.79 Å². The van der Waals surface area contributed by atoms with E-state index in [9.17, 15) is 13.2 Å². The third-order valence-electron chi connectivity index (χ3n) is 2.75. The second-order valence-electron chi connectivity index (χ2n) is 4.51. The van der Waals surface area contributed by atoms with Crippen LogP contribution >= 0.6 is 0 Å². The summed E-state index contributed by atoms with van der Waals surface area (Å²) in [6.45, 7) is 4.10. The van der Waals surface area contributed by atoms with Gasteiger partial charge in [-0.05, 0) is 13.8 Å². The number of hydrogen-bond donors (Lipinski definition) is 1. The SMILES string of the molecule is CNC(=O)CN(C)S(=O)(=O)N1C[C@@H](C)O[C@@H](C)C1. The van der Waals surface area contributed by atoms with Gasteiger partial charge in [0.2, 0.25) is 5.91 Å². The first-order valence-electron chi connectivity index (χ1n) is 5.84. The van der Waals surface area contributed by atoms with Crippen molar-refractivity contribution in [2.24, 2.45) is 0 Å². The van der Waals surface area contributed by atoms with E-state index in [1.807, 2.05) is 13.8 Å². The van der Waals surface area contributed by atoms with Crippen LogP contribution in [0.5, 0.6) is 0 Å². The molecule has 1 aliphatic heterocycles. The quantitative estimate of drug-likeness (QED) is 0.717. The Kier molecular flexibility index (Phi) is 5.09. The van der Waals surface area contributed by atoms with E-state index in [4.69, 9.17) is 4.74 Å². The van der Waals surface area contributed by atoms with Gasteiger partial charge in [0.25, 0.3) is 10.2 Å². The van der Waals surface area contributed by atoms with Crippen LogP contribution in [0, 0.1) is 0 Å². The van der Waals surface area contributed by atoms with Gasteiger partial charge in [-0.15, -0.1) is 0 Å². The van der Waals surface area contributed by atoms with Crippen LogP contribution in [0.2, 0.25) is 0 Å². The van der Waals surface area contributed by atoms with Crippen LogP contribution in [0.25, 0.3) is 0 Å². The second-order valence-corrected chi connectivity index (χ2v) is 6.55. The minimum Gasteiger partial charge on any atom is -0.373 e. The van der Waals surface area contributed by atoms with Gasteiger partial charge >= 0.3 is 0 Å². The monoisotopic (exact) mass is 279 g/mol. The van der Waals surface area contributed by atoms with Crippen LogP contribution in [0.1, 0.15) is 13.8 Å². The molecule has 2 atom stereocenters. The van der Waals surface area contributed by atoms with Crippen molar-refractivity contribution in [2.75, 3.05) is 33.7 Å². The number of nitrogens with one attached hydrogen (secondary N) is 1. The van der Waals surface area contributed by atoms with Crippen LogP contribution in [0.15, 0.2) is 0 Å². The lowest BCUT2D eigenvalue weighted by Gasteiger charge is -2.36. The zero-order valence-electron chi connectivity index (χ0n) is 11.2. The lowest BCUT2D eigenvalue weighted by atomic mass is 10.3. The highest BCUT2D eigenvalue weighted by atomic mass is 32.2. The highest BCUT2D eigenvalue weighted by Gasteiger charge is 2.34. The summed E-state index contributed by atoms with van der Waals surface area (Å²) >= 11 is 0. The fraction of sp³-hybridized carbons (Fsp3) is 0.900. The first kappa shape index (κ1) is 15.4. The van der Waals surface area contributed by atoms with E-state index in [0.717, 1.165) is 4.31 Å². The number of morpholine rings is 1. The minimum absolute atomic E-state index is 0.142. The molecule has 0 aromatic heterocycles. The van der Waals surface area contributed by atoms with E-state index in [0.29, 0.717) is 13.1 Å². The van der Waals surface area contributed by atoms with E-state index in [1.54, 1.807) is 0 Å². The minimum atomic E-state index is -3.61. The number of likely N-dealkylation sites (N-methyl/N-ethyl adjacent to an activating group) is 2.